The van der Waals surface area contributed by atoms with Crippen LogP contribution in [-0.4, -0.2) is 39.2 Å². The fraction of sp³-hybridized carbons (Fsp3) is 0.400. The standard InChI is InChI=1S/C20H24N2O5S2/c1-4-27-20(24)17-15-11-8-12-16(15)28-19(17)21-18(23)13(2)22(29(3,25)26)14-9-6-5-7-10-14/h5-7,9-10,13H,4,8,11-12H2,1-3H3,(H,21,23)/t13-/m1/s1. The first-order valence-corrected chi connectivity index (χ1v) is 12.1. The van der Waals surface area contributed by atoms with Gasteiger partial charge in [0.15, 0.2) is 0 Å². The van der Waals surface area contributed by atoms with Crippen LogP contribution in [0.25, 0.3) is 0 Å². The Morgan fingerprint density at radius 1 is 1.24 bits per heavy atom. The van der Waals surface area contributed by atoms with Crippen molar-refractivity contribution in [2.75, 3.05) is 22.5 Å². The highest BCUT2D eigenvalue weighted by molar-refractivity contribution is 7.92. The number of nitrogens with zero attached hydrogens (tertiary/aromatic N) is 1. The number of carbonyl (C=O) groups excluding carboxylic acids is 2. The monoisotopic (exact) mass is 436 g/mol. The number of hydrogen-bond donors (Lipinski definition) is 1. The maximum Gasteiger partial charge on any atom is 0.341 e. The lowest BCUT2D eigenvalue weighted by Crippen LogP contribution is -2.45. The maximum atomic E-state index is 13.0. The minimum atomic E-state index is -3.70. The van der Waals surface area contributed by atoms with Crippen molar-refractivity contribution in [3.05, 3.63) is 46.3 Å². The highest BCUT2D eigenvalue weighted by atomic mass is 32.2. The van der Waals surface area contributed by atoms with Crippen molar-refractivity contribution in [2.45, 2.75) is 39.2 Å². The molecule has 1 aromatic carbocycles. The minimum Gasteiger partial charge on any atom is -0.462 e. The van der Waals surface area contributed by atoms with Gasteiger partial charge in [0, 0.05) is 4.88 Å². The number of aryl methyl sites for hydroxylation is 1. The molecule has 1 N–H and O–H groups in total. The number of amides is 1. The van der Waals surface area contributed by atoms with Gasteiger partial charge >= 0.3 is 5.97 Å². The molecular weight excluding hydrogens is 412 g/mol. The van der Waals surface area contributed by atoms with Gasteiger partial charge in [-0.25, -0.2) is 13.2 Å². The lowest BCUT2D eigenvalue weighted by atomic mass is 10.1. The highest BCUT2D eigenvalue weighted by Crippen LogP contribution is 2.39. The van der Waals surface area contributed by atoms with E-state index in [0.29, 0.717) is 16.3 Å². The number of ether oxygens (including phenoxy) is 1. The summed E-state index contributed by atoms with van der Waals surface area (Å²) >= 11 is 1.36. The molecule has 1 aliphatic carbocycles. The topological polar surface area (TPSA) is 92.8 Å². The van der Waals surface area contributed by atoms with Crippen molar-refractivity contribution in [1.29, 1.82) is 0 Å². The molecule has 7 nitrogen and oxygen atoms in total. The predicted octanol–water partition coefficient (Wildman–Crippen LogP) is 3.21. The Morgan fingerprint density at radius 2 is 1.93 bits per heavy atom. The molecule has 0 saturated carbocycles. The normalized spacial score (nSPS) is 14.2. The molecule has 0 fully saturated rings. The van der Waals surface area contributed by atoms with Crippen LogP contribution < -0.4 is 9.62 Å². The number of para-hydroxylation sites is 1. The quantitative estimate of drug-likeness (QED) is 0.673. The molecule has 1 heterocycles. The fourth-order valence-corrected chi connectivity index (χ4v) is 5.97. The Labute approximate surface area is 174 Å². The summed E-state index contributed by atoms with van der Waals surface area (Å²) in [7, 11) is -3.70. The molecule has 0 unspecified atom stereocenters. The number of carbonyl (C=O) groups is 2. The van der Waals surface area contributed by atoms with E-state index in [1.807, 2.05) is 0 Å². The summed E-state index contributed by atoms with van der Waals surface area (Å²) in [5.74, 6) is -0.970. The Balaban J connectivity index is 1.91. The Morgan fingerprint density at radius 3 is 2.55 bits per heavy atom. The number of thiophene rings is 1. The largest absolute Gasteiger partial charge is 0.462 e. The first-order chi connectivity index (χ1) is 13.7. The third-order valence-electron chi connectivity index (χ3n) is 4.74. The van der Waals surface area contributed by atoms with Crippen LogP contribution in [0.5, 0.6) is 0 Å². The number of fused-ring (bicyclic) bond motifs is 1. The van der Waals surface area contributed by atoms with Crippen LogP contribution in [0.3, 0.4) is 0 Å². The predicted molar refractivity (Wildman–Crippen MR) is 114 cm³/mol. The number of anilines is 2. The third-order valence-corrected chi connectivity index (χ3v) is 7.19. The molecule has 9 heteroatoms. The molecule has 0 saturated heterocycles. The van der Waals surface area contributed by atoms with Gasteiger partial charge in [-0.15, -0.1) is 11.3 Å². The van der Waals surface area contributed by atoms with Gasteiger partial charge in [-0.2, -0.15) is 0 Å². The lowest BCUT2D eigenvalue weighted by Gasteiger charge is -2.28. The molecule has 0 spiro atoms. The van der Waals surface area contributed by atoms with Crippen LogP contribution in [0, 0.1) is 0 Å². The summed E-state index contributed by atoms with van der Waals surface area (Å²) in [6.45, 7) is 3.49. The van der Waals surface area contributed by atoms with Crippen molar-refractivity contribution in [2.24, 2.45) is 0 Å². The molecule has 1 aromatic heterocycles. The van der Waals surface area contributed by atoms with E-state index in [9.17, 15) is 18.0 Å². The molecule has 1 amide bonds. The molecule has 0 aliphatic heterocycles. The summed E-state index contributed by atoms with van der Waals surface area (Å²) in [6, 6.07) is 7.46. The van der Waals surface area contributed by atoms with Gasteiger partial charge < -0.3 is 10.1 Å². The van der Waals surface area contributed by atoms with Gasteiger partial charge in [0.2, 0.25) is 15.9 Å². The summed E-state index contributed by atoms with van der Waals surface area (Å²) in [5, 5.41) is 3.20. The van der Waals surface area contributed by atoms with E-state index in [1.54, 1.807) is 37.3 Å². The van der Waals surface area contributed by atoms with E-state index >= 15 is 0 Å². The minimum absolute atomic E-state index is 0.239. The van der Waals surface area contributed by atoms with E-state index in [-0.39, 0.29) is 6.61 Å². The van der Waals surface area contributed by atoms with Crippen LogP contribution in [0.4, 0.5) is 10.7 Å². The second kappa shape index (κ2) is 8.54. The van der Waals surface area contributed by atoms with Gasteiger partial charge in [0.1, 0.15) is 11.0 Å². The van der Waals surface area contributed by atoms with Gasteiger partial charge in [-0.05, 0) is 50.8 Å². The van der Waals surface area contributed by atoms with Gasteiger partial charge in [0.05, 0.1) is 24.1 Å². The number of nitrogens with one attached hydrogen (secondary N) is 1. The Hall–Kier alpha value is -2.39. The molecule has 3 rings (SSSR count). The van der Waals surface area contributed by atoms with E-state index in [4.69, 9.17) is 4.74 Å². The second-order valence-corrected chi connectivity index (χ2v) is 9.81. The summed E-state index contributed by atoms with van der Waals surface area (Å²) in [4.78, 5) is 26.5. The summed E-state index contributed by atoms with van der Waals surface area (Å²) in [6.07, 6.45) is 3.66. The Kier molecular flexibility index (Phi) is 6.28. The SMILES string of the molecule is CCOC(=O)c1c(NC(=O)[C@@H](C)N(c2ccccc2)S(C)(=O)=O)sc2c1CCC2. The van der Waals surface area contributed by atoms with Crippen molar-refractivity contribution in [3.63, 3.8) is 0 Å². The molecular formula is C20H24N2O5S2. The second-order valence-electron chi connectivity index (χ2n) is 6.84. The number of sulfonamides is 1. The molecule has 0 bridgehead atoms. The third kappa shape index (κ3) is 4.45. The number of hydrogen-bond acceptors (Lipinski definition) is 6. The number of rotatable bonds is 7. The molecule has 29 heavy (non-hydrogen) atoms. The molecule has 156 valence electrons. The Bertz CT molecular complexity index is 1010. The average molecular weight is 437 g/mol. The van der Waals surface area contributed by atoms with Crippen molar-refractivity contribution < 1.29 is 22.7 Å². The molecule has 1 atom stereocenters. The van der Waals surface area contributed by atoms with Crippen LogP contribution >= 0.6 is 11.3 Å². The molecule has 0 radical (unpaired) electrons. The fourth-order valence-electron chi connectivity index (χ4n) is 3.51. The van der Waals surface area contributed by atoms with Crippen LogP contribution in [-0.2, 0) is 32.4 Å². The lowest BCUT2D eigenvalue weighted by molar-refractivity contribution is -0.116. The van der Waals surface area contributed by atoms with Gasteiger partial charge in [0.25, 0.3) is 0 Å². The molecule has 2 aromatic rings. The zero-order valence-electron chi connectivity index (χ0n) is 16.6. The first kappa shape index (κ1) is 21.3. The van der Waals surface area contributed by atoms with Gasteiger partial charge in [-0.3, -0.25) is 9.10 Å². The van der Waals surface area contributed by atoms with Crippen LogP contribution in [0.1, 0.15) is 41.1 Å². The number of benzene rings is 1. The average Bonchev–Trinajstić information content (AvgIpc) is 3.22. The number of esters is 1. The van der Waals surface area contributed by atoms with Crippen LogP contribution in [0.15, 0.2) is 30.3 Å². The van der Waals surface area contributed by atoms with E-state index in [2.05, 4.69) is 5.32 Å². The highest BCUT2D eigenvalue weighted by Gasteiger charge is 2.32. The first-order valence-electron chi connectivity index (χ1n) is 9.41. The summed E-state index contributed by atoms with van der Waals surface area (Å²) < 4.78 is 31.0. The van der Waals surface area contributed by atoms with E-state index < -0.39 is 27.9 Å². The van der Waals surface area contributed by atoms with Crippen LogP contribution in [0.2, 0.25) is 0 Å². The van der Waals surface area contributed by atoms with Gasteiger partial charge in [-0.1, -0.05) is 18.2 Å². The zero-order valence-corrected chi connectivity index (χ0v) is 18.2. The van der Waals surface area contributed by atoms with Crippen molar-refractivity contribution in [1.82, 2.24) is 0 Å². The maximum absolute atomic E-state index is 13.0. The zero-order chi connectivity index (χ0) is 21.2. The van der Waals surface area contributed by atoms with Crippen molar-refractivity contribution in [3.8, 4) is 0 Å². The van der Waals surface area contributed by atoms with E-state index in [1.165, 1.54) is 18.3 Å². The smallest absolute Gasteiger partial charge is 0.341 e. The summed E-state index contributed by atoms with van der Waals surface area (Å²) in [5.41, 5.74) is 1.73. The van der Waals surface area contributed by atoms with Crippen molar-refractivity contribution >= 4 is 43.9 Å². The van der Waals surface area contributed by atoms with E-state index in [0.717, 1.165) is 40.3 Å². The molecule has 1 aliphatic rings.